The Morgan fingerprint density at radius 2 is 2.05 bits per heavy atom. The van der Waals surface area contributed by atoms with Gasteiger partial charge in [0.2, 0.25) is 5.95 Å². The summed E-state index contributed by atoms with van der Waals surface area (Å²) in [7, 11) is 3.29. The molecule has 0 aliphatic rings. The van der Waals surface area contributed by atoms with Crippen molar-refractivity contribution in [2.45, 2.75) is 19.5 Å². The fraction of sp³-hybridized carbons (Fsp3) is 0.500. The number of thiophene rings is 1. The summed E-state index contributed by atoms with van der Waals surface area (Å²) in [5.74, 6) is 0.932. The van der Waals surface area contributed by atoms with Gasteiger partial charge in [0.15, 0.2) is 0 Å². The van der Waals surface area contributed by atoms with Crippen molar-refractivity contribution in [1.29, 1.82) is 0 Å². The Morgan fingerprint density at radius 3 is 2.65 bits per heavy atom. The molecular weight excluding hydrogens is 289 g/mol. The number of halogens is 3. The number of alkyl halides is 3. The molecule has 2 rings (SSSR count). The molecule has 0 aromatic carbocycles. The van der Waals surface area contributed by atoms with Gasteiger partial charge < -0.3 is 10.2 Å². The minimum absolute atomic E-state index is 0.131. The Hall–Kier alpha value is -1.57. The van der Waals surface area contributed by atoms with Crippen LogP contribution in [0, 0.1) is 6.92 Å². The van der Waals surface area contributed by atoms with Crippen molar-refractivity contribution in [2.75, 3.05) is 30.9 Å². The zero-order valence-electron chi connectivity index (χ0n) is 11.4. The summed E-state index contributed by atoms with van der Waals surface area (Å²) < 4.78 is 37.0. The summed E-state index contributed by atoms with van der Waals surface area (Å²) in [5, 5.41) is 3.62. The Balaban J connectivity index is 2.36. The number of nitrogens with one attached hydrogen (secondary N) is 1. The number of hydrogen-bond acceptors (Lipinski definition) is 5. The third-order valence-electron chi connectivity index (χ3n) is 2.81. The van der Waals surface area contributed by atoms with E-state index in [0.29, 0.717) is 11.8 Å². The number of fused-ring (bicyclic) bond motifs is 1. The van der Waals surface area contributed by atoms with Crippen LogP contribution in [0.25, 0.3) is 10.2 Å². The van der Waals surface area contributed by atoms with Gasteiger partial charge in [-0.1, -0.05) is 0 Å². The summed E-state index contributed by atoms with van der Waals surface area (Å²) in [6.45, 7) is 1.80. The molecule has 0 saturated carbocycles. The summed E-state index contributed by atoms with van der Waals surface area (Å²) in [6, 6.07) is 1.90. The lowest BCUT2D eigenvalue weighted by molar-refractivity contribution is -0.132. The van der Waals surface area contributed by atoms with Gasteiger partial charge in [-0.2, -0.15) is 18.2 Å². The molecule has 4 nitrogen and oxygen atoms in total. The van der Waals surface area contributed by atoms with Crippen LogP contribution in [-0.2, 0) is 0 Å². The van der Waals surface area contributed by atoms with Crippen molar-refractivity contribution >= 4 is 33.3 Å². The highest BCUT2D eigenvalue weighted by Gasteiger charge is 2.28. The van der Waals surface area contributed by atoms with E-state index in [9.17, 15) is 13.2 Å². The van der Waals surface area contributed by atoms with Gasteiger partial charge in [-0.05, 0) is 13.0 Å². The van der Waals surface area contributed by atoms with E-state index < -0.39 is 12.6 Å². The number of anilines is 2. The second-order valence-electron chi connectivity index (χ2n) is 4.48. The zero-order valence-corrected chi connectivity index (χ0v) is 12.2. The van der Waals surface area contributed by atoms with E-state index in [1.807, 2.05) is 13.0 Å². The average molecular weight is 304 g/mol. The van der Waals surface area contributed by atoms with Gasteiger partial charge in [0.05, 0.1) is 11.8 Å². The van der Waals surface area contributed by atoms with E-state index in [2.05, 4.69) is 15.3 Å². The van der Waals surface area contributed by atoms with E-state index in [0.717, 1.165) is 15.1 Å². The predicted octanol–water partition coefficient (Wildman–Crippen LogP) is 3.43. The number of rotatable bonds is 4. The van der Waals surface area contributed by atoms with E-state index in [1.165, 1.54) is 16.2 Å². The summed E-state index contributed by atoms with van der Waals surface area (Å²) in [4.78, 5) is 11.9. The first-order valence-corrected chi connectivity index (χ1v) is 6.85. The van der Waals surface area contributed by atoms with Crippen LogP contribution >= 0.6 is 11.3 Å². The highest BCUT2D eigenvalue weighted by molar-refractivity contribution is 7.18. The van der Waals surface area contributed by atoms with Gasteiger partial charge in [-0.25, -0.2) is 4.98 Å². The molecule has 0 radical (unpaired) electrons. The number of nitrogens with zero attached hydrogens (tertiary/aromatic N) is 3. The monoisotopic (exact) mass is 304 g/mol. The molecule has 0 unspecified atom stereocenters. The Morgan fingerprint density at radius 1 is 1.35 bits per heavy atom. The zero-order chi connectivity index (χ0) is 14.9. The van der Waals surface area contributed by atoms with Crippen molar-refractivity contribution < 1.29 is 13.2 Å². The molecule has 20 heavy (non-hydrogen) atoms. The highest BCUT2D eigenvalue weighted by atomic mass is 32.1. The molecule has 0 saturated heterocycles. The van der Waals surface area contributed by atoms with Crippen LogP contribution in [0.3, 0.4) is 0 Å². The highest BCUT2D eigenvalue weighted by Crippen LogP contribution is 2.32. The lowest BCUT2D eigenvalue weighted by atomic mass is 10.3. The lowest BCUT2D eigenvalue weighted by Gasteiger charge is -2.20. The summed E-state index contributed by atoms with van der Waals surface area (Å²) >= 11 is 1.50. The van der Waals surface area contributed by atoms with Crippen molar-refractivity contribution in [3.05, 3.63) is 10.9 Å². The first-order chi connectivity index (χ1) is 9.30. The van der Waals surface area contributed by atoms with Gasteiger partial charge in [-0.15, -0.1) is 11.3 Å². The normalized spacial score (nSPS) is 11.9. The predicted molar refractivity (Wildman–Crippen MR) is 75.6 cm³/mol. The van der Waals surface area contributed by atoms with Crippen molar-refractivity contribution in [3.8, 4) is 0 Å². The topological polar surface area (TPSA) is 41.1 Å². The molecule has 8 heteroatoms. The van der Waals surface area contributed by atoms with Crippen LogP contribution in [0.4, 0.5) is 24.9 Å². The summed E-state index contributed by atoms with van der Waals surface area (Å²) in [6.07, 6.45) is -5.04. The van der Waals surface area contributed by atoms with E-state index in [-0.39, 0.29) is 6.54 Å². The smallest absolute Gasteiger partial charge is 0.359 e. The van der Waals surface area contributed by atoms with Crippen molar-refractivity contribution in [1.82, 2.24) is 9.97 Å². The molecule has 2 aromatic heterocycles. The minimum Gasteiger partial charge on any atom is -0.359 e. The van der Waals surface area contributed by atoms with Crippen LogP contribution in [-0.4, -0.2) is 36.8 Å². The second-order valence-corrected chi connectivity index (χ2v) is 5.72. The van der Waals surface area contributed by atoms with Gasteiger partial charge in [-0.3, -0.25) is 0 Å². The Bertz CT molecular complexity index is 609. The molecular formula is C12H15F3N4S. The largest absolute Gasteiger partial charge is 0.390 e. The number of aryl methyl sites for hydroxylation is 1. The van der Waals surface area contributed by atoms with Gasteiger partial charge in [0, 0.05) is 25.5 Å². The molecule has 0 atom stereocenters. The standard InChI is InChI=1S/C12H15F3N4S/c1-7-6-8-9(19(3)5-4-12(13,14)15)17-11(16-2)18-10(8)20-7/h6H,4-5H2,1-3H3,(H,16,17,18). The second kappa shape index (κ2) is 5.43. The first-order valence-electron chi connectivity index (χ1n) is 6.04. The van der Waals surface area contributed by atoms with E-state index in [1.54, 1.807) is 14.1 Å². The third-order valence-corrected chi connectivity index (χ3v) is 3.76. The maximum atomic E-state index is 12.3. The SMILES string of the molecule is CNc1nc(N(C)CCC(F)(F)F)c2cc(C)sc2n1. The van der Waals surface area contributed by atoms with E-state index >= 15 is 0 Å². The maximum absolute atomic E-state index is 12.3. The van der Waals surface area contributed by atoms with Crippen molar-refractivity contribution in [2.24, 2.45) is 0 Å². The fourth-order valence-corrected chi connectivity index (χ4v) is 2.70. The van der Waals surface area contributed by atoms with Crippen molar-refractivity contribution in [3.63, 3.8) is 0 Å². The molecule has 0 amide bonds. The quantitative estimate of drug-likeness (QED) is 0.939. The van der Waals surface area contributed by atoms with Gasteiger partial charge in [0.25, 0.3) is 0 Å². The van der Waals surface area contributed by atoms with Crippen LogP contribution in [0.1, 0.15) is 11.3 Å². The molecule has 0 fully saturated rings. The molecule has 110 valence electrons. The van der Waals surface area contributed by atoms with Crippen LogP contribution in [0.5, 0.6) is 0 Å². The third kappa shape index (κ3) is 3.30. The molecule has 0 aliphatic heterocycles. The van der Waals surface area contributed by atoms with Crippen LogP contribution in [0.15, 0.2) is 6.07 Å². The van der Waals surface area contributed by atoms with Gasteiger partial charge in [0.1, 0.15) is 10.6 Å². The maximum Gasteiger partial charge on any atom is 0.390 e. The molecule has 0 spiro atoms. The minimum atomic E-state index is -4.17. The average Bonchev–Trinajstić information content (AvgIpc) is 2.73. The van der Waals surface area contributed by atoms with Crippen LogP contribution in [0.2, 0.25) is 0 Å². The van der Waals surface area contributed by atoms with Gasteiger partial charge >= 0.3 is 6.18 Å². The number of hydrogen-bond donors (Lipinski definition) is 1. The Kier molecular flexibility index (Phi) is 4.03. The Labute approximate surface area is 118 Å². The summed E-state index contributed by atoms with van der Waals surface area (Å²) in [5.41, 5.74) is 0. The molecule has 1 N–H and O–H groups in total. The fourth-order valence-electron chi connectivity index (χ4n) is 1.83. The number of aromatic nitrogens is 2. The molecule has 0 aliphatic carbocycles. The van der Waals surface area contributed by atoms with Crippen LogP contribution < -0.4 is 10.2 Å². The molecule has 2 aromatic rings. The van der Waals surface area contributed by atoms with E-state index in [4.69, 9.17) is 0 Å². The molecule has 2 heterocycles. The lowest BCUT2D eigenvalue weighted by Crippen LogP contribution is -2.25. The first kappa shape index (κ1) is 14.8. The molecule has 0 bridgehead atoms.